The highest BCUT2D eigenvalue weighted by molar-refractivity contribution is 9.10. The van der Waals surface area contributed by atoms with Crippen LogP contribution < -0.4 is 4.74 Å². The second-order valence-corrected chi connectivity index (χ2v) is 8.99. The van der Waals surface area contributed by atoms with Gasteiger partial charge in [0.1, 0.15) is 11.5 Å². The molecule has 3 rings (SSSR count). The van der Waals surface area contributed by atoms with Crippen LogP contribution in [0.1, 0.15) is 36.9 Å². The van der Waals surface area contributed by atoms with Gasteiger partial charge < -0.3 is 19.6 Å². The average molecular weight is 501 g/mol. The Balaban J connectivity index is 2.05. The van der Waals surface area contributed by atoms with Gasteiger partial charge in [0.25, 0.3) is 11.7 Å². The van der Waals surface area contributed by atoms with Gasteiger partial charge in [-0.05, 0) is 50.3 Å². The average Bonchev–Trinajstić information content (AvgIpc) is 3.03. The first-order valence-corrected chi connectivity index (χ1v) is 11.5. The molecule has 32 heavy (non-hydrogen) atoms. The van der Waals surface area contributed by atoms with Gasteiger partial charge >= 0.3 is 0 Å². The van der Waals surface area contributed by atoms with Crippen molar-refractivity contribution in [2.45, 2.75) is 25.8 Å². The number of aliphatic hydroxyl groups excluding tert-OH is 1. The van der Waals surface area contributed by atoms with E-state index in [1.807, 2.05) is 49.3 Å². The Morgan fingerprint density at radius 2 is 1.88 bits per heavy atom. The largest absolute Gasteiger partial charge is 0.507 e. The zero-order valence-corrected chi connectivity index (χ0v) is 20.3. The number of benzene rings is 2. The van der Waals surface area contributed by atoms with E-state index in [0.717, 1.165) is 22.9 Å². The van der Waals surface area contributed by atoms with E-state index in [2.05, 4.69) is 22.9 Å². The summed E-state index contributed by atoms with van der Waals surface area (Å²) in [6.45, 7) is 3.63. The number of likely N-dealkylation sites (tertiary alicyclic amines) is 1. The molecule has 1 aliphatic rings. The third-order valence-electron chi connectivity index (χ3n) is 5.39. The molecule has 0 aromatic heterocycles. The Morgan fingerprint density at radius 3 is 2.53 bits per heavy atom. The van der Waals surface area contributed by atoms with Crippen LogP contribution in [0, 0.1) is 0 Å². The van der Waals surface area contributed by atoms with Crippen LogP contribution in [0.4, 0.5) is 0 Å². The first-order valence-electron chi connectivity index (χ1n) is 10.7. The van der Waals surface area contributed by atoms with Crippen molar-refractivity contribution in [3.05, 3.63) is 69.7 Å². The van der Waals surface area contributed by atoms with Crippen molar-refractivity contribution in [3.8, 4) is 5.75 Å². The summed E-state index contributed by atoms with van der Waals surface area (Å²) >= 11 is 3.43. The quantitative estimate of drug-likeness (QED) is 0.235. The SMILES string of the molecule is CCCCOc1cccc(/C(O)=C2\C(=O)C(=O)N(CCN(C)C)C2c2ccc(Br)cc2)c1. The second kappa shape index (κ2) is 10.8. The first kappa shape index (κ1) is 24.0. The Hall–Kier alpha value is -2.64. The van der Waals surface area contributed by atoms with Gasteiger partial charge in [0.05, 0.1) is 18.2 Å². The number of aliphatic hydroxyl groups is 1. The highest BCUT2D eigenvalue weighted by Crippen LogP contribution is 2.39. The number of carbonyl (C=O) groups excluding carboxylic acids is 2. The monoisotopic (exact) mass is 500 g/mol. The molecule has 0 bridgehead atoms. The van der Waals surface area contributed by atoms with Crippen LogP contribution in [0.3, 0.4) is 0 Å². The summed E-state index contributed by atoms with van der Waals surface area (Å²) in [5.74, 6) is -0.850. The van der Waals surface area contributed by atoms with E-state index < -0.39 is 17.7 Å². The van der Waals surface area contributed by atoms with Crippen LogP contribution in [0.2, 0.25) is 0 Å². The third-order valence-corrected chi connectivity index (χ3v) is 5.92. The smallest absolute Gasteiger partial charge is 0.295 e. The van der Waals surface area contributed by atoms with E-state index in [9.17, 15) is 14.7 Å². The van der Waals surface area contributed by atoms with Crippen LogP contribution in [0.5, 0.6) is 5.75 Å². The molecule has 2 aromatic rings. The van der Waals surface area contributed by atoms with Crippen LogP contribution in [-0.4, -0.2) is 60.4 Å². The lowest BCUT2D eigenvalue weighted by Crippen LogP contribution is -2.35. The van der Waals surface area contributed by atoms with E-state index in [0.29, 0.717) is 31.0 Å². The summed E-state index contributed by atoms with van der Waals surface area (Å²) < 4.78 is 6.64. The number of halogens is 1. The summed E-state index contributed by atoms with van der Waals surface area (Å²) in [5.41, 5.74) is 1.32. The number of likely N-dealkylation sites (N-methyl/N-ethyl adjacent to an activating group) is 1. The minimum Gasteiger partial charge on any atom is -0.507 e. The van der Waals surface area contributed by atoms with Crippen molar-refractivity contribution >= 4 is 33.4 Å². The highest BCUT2D eigenvalue weighted by atomic mass is 79.9. The highest BCUT2D eigenvalue weighted by Gasteiger charge is 2.45. The normalized spacial score (nSPS) is 17.9. The molecule has 1 unspecified atom stereocenters. The molecule has 0 spiro atoms. The van der Waals surface area contributed by atoms with Gasteiger partial charge in [0, 0.05) is 23.1 Å². The lowest BCUT2D eigenvalue weighted by Gasteiger charge is -2.26. The minimum absolute atomic E-state index is 0.0989. The van der Waals surface area contributed by atoms with Gasteiger partial charge in [-0.3, -0.25) is 9.59 Å². The Labute approximate surface area is 197 Å². The maximum Gasteiger partial charge on any atom is 0.295 e. The molecule has 170 valence electrons. The number of unbranched alkanes of at least 4 members (excludes halogenated alkanes) is 1. The predicted molar refractivity (Wildman–Crippen MR) is 129 cm³/mol. The van der Waals surface area contributed by atoms with Crippen LogP contribution in [-0.2, 0) is 9.59 Å². The molecule has 1 fully saturated rings. The van der Waals surface area contributed by atoms with Gasteiger partial charge in [0.15, 0.2) is 0 Å². The number of ether oxygens (including phenoxy) is 1. The topological polar surface area (TPSA) is 70.1 Å². The molecule has 1 amide bonds. The number of Topliss-reactive ketones (excluding diaryl/α,β-unsaturated/α-hetero) is 1. The summed E-state index contributed by atoms with van der Waals surface area (Å²) in [6.07, 6.45) is 1.94. The van der Waals surface area contributed by atoms with Gasteiger partial charge in [0.2, 0.25) is 0 Å². The van der Waals surface area contributed by atoms with E-state index in [1.54, 1.807) is 23.1 Å². The zero-order valence-electron chi connectivity index (χ0n) is 18.7. The van der Waals surface area contributed by atoms with Crippen molar-refractivity contribution in [2.75, 3.05) is 33.8 Å². The maximum absolute atomic E-state index is 13.1. The van der Waals surface area contributed by atoms with E-state index in [1.165, 1.54) is 0 Å². The van der Waals surface area contributed by atoms with Crippen molar-refractivity contribution in [2.24, 2.45) is 0 Å². The molecule has 1 saturated heterocycles. The summed E-state index contributed by atoms with van der Waals surface area (Å²) in [5, 5.41) is 11.2. The lowest BCUT2D eigenvalue weighted by molar-refractivity contribution is -0.140. The predicted octanol–water partition coefficient (Wildman–Crippen LogP) is 4.61. The fourth-order valence-corrected chi connectivity index (χ4v) is 3.90. The summed E-state index contributed by atoms with van der Waals surface area (Å²) in [4.78, 5) is 29.5. The van der Waals surface area contributed by atoms with Gasteiger partial charge in [-0.15, -0.1) is 0 Å². The number of hydrogen-bond acceptors (Lipinski definition) is 5. The van der Waals surface area contributed by atoms with Crippen LogP contribution >= 0.6 is 15.9 Å². The Morgan fingerprint density at radius 1 is 1.16 bits per heavy atom. The fraction of sp³-hybridized carbons (Fsp3) is 0.360. The van der Waals surface area contributed by atoms with E-state index >= 15 is 0 Å². The first-order chi connectivity index (χ1) is 15.3. The van der Waals surface area contributed by atoms with Gasteiger partial charge in [-0.25, -0.2) is 0 Å². The van der Waals surface area contributed by atoms with E-state index in [-0.39, 0.29) is 11.3 Å². The molecule has 0 saturated carbocycles. The van der Waals surface area contributed by atoms with Crippen molar-refractivity contribution in [3.63, 3.8) is 0 Å². The molecule has 0 radical (unpaired) electrons. The minimum atomic E-state index is -0.675. The third kappa shape index (κ3) is 5.40. The molecule has 2 aromatic carbocycles. The van der Waals surface area contributed by atoms with Crippen LogP contribution in [0.25, 0.3) is 5.76 Å². The number of rotatable bonds is 9. The number of carbonyl (C=O) groups is 2. The fourth-order valence-electron chi connectivity index (χ4n) is 3.63. The number of nitrogens with zero attached hydrogens (tertiary/aromatic N) is 2. The second-order valence-electron chi connectivity index (χ2n) is 8.08. The molecule has 0 aliphatic carbocycles. The molecular weight excluding hydrogens is 472 g/mol. The summed E-state index contributed by atoms with van der Waals surface area (Å²) in [6, 6.07) is 13.8. The molecule has 7 heteroatoms. The molecule has 6 nitrogen and oxygen atoms in total. The van der Waals surface area contributed by atoms with E-state index in [4.69, 9.17) is 4.74 Å². The van der Waals surface area contributed by atoms with Crippen molar-refractivity contribution in [1.29, 1.82) is 0 Å². The lowest BCUT2D eigenvalue weighted by atomic mass is 9.95. The molecule has 1 N–H and O–H groups in total. The van der Waals surface area contributed by atoms with Gasteiger partial charge in [-0.2, -0.15) is 0 Å². The van der Waals surface area contributed by atoms with Crippen molar-refractivity contribution in [1.82, 2.24) is 9.80 Å². The Kier molecular flexibility index (Phi) is 8.10. The number of amides is 1. The van der Waals surface area contributed by atoms with Crippen LogP contribution in [0.15, 0.2) is 58.6 Å². The number of ketones is 1. The Bertz CT molecular complexity index is 1000. The molecule has 1 heterocycles. The number of hydrogen-bond donors (Lipinski definition) is 1. The summed E-state index contributed by atoms with van der Waals surface area (Å²) in [7, 11) is 3.82. The maximum atomic E-state index is 13.1. The van der Waals surface area contributed by atoms with Crippen molar-refractivity contribution < 1.29 is 19.4 Å². The molecular formula is C25H29BrN2O4. The standard InChI is InChI=1S/C25H29BrN2O4/c1-4-5-15-32-20-8-6-7-18(16-20)23(29)21-22(17-9-11-19(26)12-10-17)28(14-13-27(2)3)25(31)24(21)30/h6-12,16,22,29H,4-5,13-15H2,1-3H3/b23-21+. The molecule has 1 aliphatic heterocycles. The van der Waals surface area contributed by atoms with Gasteiger partial charge in [-0.1, -0.05) is 53.5 Å². The zero-order chi connectivity index (χ0) is 23.3. The molecule has 1 atom stereocenters.